The predicted octanol–water partition coefficient (Wildman–Crippen LogP) is 4.76. The van der Waals surface area contributed by atoms with E-state index in [4.69, 9.17) is 11.6 Å². The van der Waals surface area contributed by atoms with Gasteiger partial charge in [0.1, 0.15) is 12.1 Å². The molecule has 0 saturated carbocycles. The Kier molecular flexibility index (Phi) is 4.42. The largest absolute Gasteiger partial charge is 0.339 e. The van der Waals surface area contributed by atoms with E-state index in [0.717, 1.165) is 28.0 Å². The van der Waals surface area contributed by atoms with Gasteiger partial charge in [0, 0.05) is 16.1 Å². The Morgan fingerprint density at radius 1 is 1.05 bits per heavy atom. The summed E-state index contributed by atoms with van der Waals surface area (Å²) in [7, 11) is 0. The van der Waals surface area contributed by atoms with E-state index in [0.29, 0.717) is 5.02 Å². The molecule has 1 N–H and O–H groups in total. The summed E-state index contributed by atoms with van der Waals surface area (Å²) in [5.74, 6) is 0.766. The third-order valence-corrected chi connectivity index (χ3v) is 3.23. The van der Waals surface area contributed by atoms with Gasteiger partial charge in [-0.05, 0) is 36.8 Å². The fourth-order valence-corrected chi connectivity index (χ4v) is 2.14. The summed E-state index contributed by atoms with van der Waals surface area (Å²) < 4.78 is 0. The van der Waals surface area contributed by atoms with Gasteiger partial charge >= 0.3 is 0 Å². The molecule has 2 aromatic carbocycles. The molecule has 1 heterocycles. The van der Waals surface area contributed by atoms with E-state index in [2.05, 4.69) is 28.3 Å². The third-order valence-electron chi connectivity index (χ3n) is 3.00. The van der Waals surface area contributed by atoms with Crippen LogP contribution < -0.4 is 5.32 Å². The Morgan fingerprint density at radius 3 is 2.65 bits per heavy atom. The molecule has 0 radical (unpaired) electrons. The second-order valence-electron chi connectivity index (χ2n) is 4.32. The quantitative estimate of drug-likeness (QED) is 0.742. The standard InChI is InChI=1S/C15H12ClN3.ClH/c1-10-4-2-3-5-13(10)19-15-12-8-11(16)6-7-14(12)17-9-18-15;/h2-9H,1H3,(H,17,18,19);1H. The molecule has 102 valence electrons. The second kappa shape index (κ2) is 6.07. The monoisotopic (exact) mass is 305 g/mol. The number of aromatic nitrogens is 2. The van der Waals surface area contributed by atoms with Crippen molar-refractivity contribution in [1.82, 2.24) is 9.97 Å². The highest BCUT2D eigenvalue weighted by Gasteiger charge is 2.05. The van der Waals surface area contributed by atoms with E-state index >= 15 is 0 Å². The molecule has 0 aliphatic rings. The van der Waals surface area contributed by atoms with Crippen molar-refractivity contribution < 1.29 is 0 Å². The van der Waals surface area contributed by atoms with Gasteiger partial charge in [-0.25, -0.2) is 9.97 Å². The van der Waals surface area contributed by atoms with Crippen LogP contribution in [0.15, 0.2) is 48.8 Å². The van der Waals surface area contributed by atoms with Crippen LogP contribution in [0.5, 0.6) is 0 Å². The van der Waals surface area contributed by atoms with Gasteiger partial charge in [0.15, 0.2) is 0 Å². The van der Waals surface area contributed by atoms with E-state index in [1.807, 2.05) is 36.4 Å². The number of halogens is 2. The van der Waals surface area contributed by atoms with Gasteiger partial charge in [-0.15, -0.1) is 12.4 Å². The zero-order valence-electron chi connectivity index (χ0n) is 10.8. The number of aryl methyl sites for hydroxylation is 1. The summed E-state index contributed by atoms with van der Waals surface area (Å²) in [5.41, 5.74) is 3.06. The first-order chi connectivity index (χ1) is 9.24. The average Bonchev–Trinajstić information content (AvgIpc) is 2.42. The summed E-state index contributed by atoms with van der Waals surface area (Å²) in [5, 5.41) is 4.92. The first kappa shape index (κ1) is 14.6. The van der Waals surface area contributed by atoms with Crippen molar-refractivity contribution >= 4 is 46.4 Å². The van der Waals surface area contributed by atoms with Crippen molar-refractivity contribution in [3.8, 4) is 0 Å². The molecule has 0 aliphatic heterocycles. The van der Waals surface area contributed by atoms with Crippen LogP contribution in [0.3, 0.4) is 0 Å². The smallest absolute Gasteiger partial charge is 0.141 e. The maximum atomic E-state index is 6.04. The van der Waals surface area contributed by atoms with Gasteiger partial charge in [-0.1, -0.05) is 29.8 Å². The maximum Gasteiger partial charge on any atom is 0.141 e. The summed E-state index contributed by atoms with van der Waals surface area (Å²) in [6, 6.07) is 13.7. The van der Waals surface area contributed by atoms with Gasteiger partial charge in [-0.2, -0.15) is 0 Å². The zero-order chi connectivity index (χ0) is 13.2. The number of hydrogen-bond acceptors (Lipinski definition) is 3. The molecular formula is C15H13Cl2N3. The first-order valence-corrected chi connectivity index (χ1v) is 6.35. The summed E-state index contributed by atoms with van der Waals surface area (Å²) in [6.07, 6.45) is 1.55. The third kappa shape index (κ3) is 2.84. The SMILES string of the molecule is Cc1ccccc1Nc1ncnc2ccc(Cl)cc12.Cl. The molecule has 0 unspecified atom stereocenters. The fraction of sp³-hybridized carbons (Fsp3) is 0.0667. The molecule has 0 amide bonds. The highest BCUT2D eigenvalue weighted by atomic mass is 35.5. The number of para-hydroxylation sites is 1. The molecule has 3 aromatic rings. The minimum atomic E-state index is 0. The summed E-state index contributed by atoms with van der Waals surface area (Å²) in [4.78, 5) is 8.54. The van der Waals surface area contributed by atoms with Gasteiger partial charge in [-0.3, -0.25) is 0 Å². The molecule has 0 bridgehead atoms. The van der Waals surface area contributed by atoms with E-state index < -0.39 is 0 Å². The molecule has 0 aliphatic carbocycles. The molecule has 0 atom stereocenters. The number of nitrogens with zero attached hydrogens (tertiary/aromatic N) is 2. The molecule has 0 fully saturated rings. The van der Waals surface area contributed by atoms with Crippen molar-refractivity contribution in [3.63, 3.8) is 0 Å². The van der Waals surface area contributed by atoms with Gasteiger partial charge in [0.05, 0.1) is 5.52 Å². The minimum absolute atomic E-state index is 0. The normalized spacial score (nSPS) is 10.1. The average molecular weight is 306 g/mol. The van der Waals surface area contributed by atoms with Crippen LogP contribution in [0.2, 0.25) is 5.02 Å². The molecule has 0 saturated heterocycles. The van der Waals surface area contributed by atoms with Crippen molar-refractivity contribution in [2.24, 2.45) is 0 Å². The van der Waals surface area contributed by atoms with Crippen LogP contribution >= 0.6 is 24.0 Å². The van der Waals surface area contributed by atoms with E-state index in [1.165, 1.54) is 0 Å². The number of anilines is 2. The minimum Gasteiger partial charge on any atom is -0.339 e. The Hall–Kier alpha value is -1.84. The highest BCUT2D eigenvalue weighted by molar-refractivity contribution is 6.31. The fourth-order valence-electron chi connectivity index (χ4n) is 1.97. The summed E-state index contributed by atoms with van der Waals surface area (Å²) >= 11 is 6.04. The van der Waals surface area contributed by atoms with Crippen molar-refractivity contribution in [2.45, 2.75) is 6.92 Å². The number of nitrogens with one attached hydrogen (secondary N) is 1. The Morgan fingerprint density at radius 2 is 1.85 bits per heavy atom. The van der Waals surface area contributed by atoms with Crippen LogP contribution in [-0.4, -0.2) is 9.97 Å². The molecule has 5 heteroatoms. The molecule has 0 spiro atoms. The van der Waals surface area contributed by atoms with Crippen molar-refractivity contribution in [3.05, 3.63) is 59.4 Å². The van der Waals surface area contributed by atoms with Crippen LogP contribution in [-0.2, 0) is 0 Å². The predicted molar refractivity (Wildman–Crippen MR) is 86.3 cm³/mol. The van der Waals surface area contributed by atoms with Crippen molar-refractivity contribution in [2.75, 3.05) is 5.32 Å². The van der Waals surface area contributed by atoms with Crippen LogP contribution in [0.25, 0.3) is 10.9 Å². The maximum absolute atomic E-state index is 6.04. The number of rotatable bonds is 2. The van der Waals surface area contributed by atoms with Gasteiger partial charge in [0.25, 0.3) is 0 Å². The second-order valence-corrected chi connectivity index (χ2v) is 4.76. The van der Waals surface area contributed by atoms with Gasteiger partial charge in [0.2, 0.25) is 0 Å². The first-order valence-electron chi connectivity index (χ1n) is 5.97. The number of hydrogen-bond donors (Lipinski definition) is 1. The number of benzene rings is 2. The summed E-state index contributed by atoms with van der Waals surface area (Å²) in [6.45, 7) is 2.05. The molecule has 1 aromatic heterocycles. The Balaban J connectivity index is 0.00000147. The lowest BCUT2D eigenvalue weighted by molar-refractivity contribution is 1.21. The van der Waals surface area contributed by atoms with Gasteiger partial charge < -0.3 is 5.32 Å². The Labute approximate surface area is 128 Å². The lowest BCUT2D eigenvalue weighted by atomic mass is 10.2. The van der Waals surface area contributed by atoms with Crippen LogP contribution in [0, 0.1) is 6.92 Å². The van der Waals surface area contributed by atoms with Crippen molar-refractivity contribution in [1.29, 1.82) is 0 Å². The van der Waals surface area contributed by atoms with E-state index in [9.17, 15) is 0 Å². The molecular weight excluding hydrogens is 293 g/mol. The molecule has 3 rings (SSSR count). The van der Waals surface area contributed by atoms with Crippen LogP contribution in [0.4, 0.5) is 11.5 Å². The lowest BCUT2D eigenvalue weighted by Gasteiger charge is -2.10. The lowest BCUT2D eigenvalue weighted by Crippen LogP contribution is -1.97. The number of fused-ring (bicyclic) bond motifs is 1. The topological polar surface area (TPSA) is 37.8 Å². The molecule has 20 heavy (non-hydrogen) atoms. The zero-order valence-corrected chi connectivity index (χ0v) is 12.4. The molecule has 3 nitrogen and oxygen atoms in total. The Bertz CT molecular complexity index is 744. The van der Waals surface area contributed by atoms with Crippen LogP contribution in [0.1, 0.15) is 5.56 Å². The highest BCUT2D eigenvalue weighted by Crippen LogP contribution is 2.26. The van der Waals surface area contributed by atoms with E-state index in [-0.39, 0.29) is 12.4 Å². The van der Waals surface area contributed by atoms with E-state index in [1.54, 1.807) is 6.33 Å².